The van der Waals surface area contributed by atoms with Crippen LogP contribution in [-0.4, -0.2) is 41.7 Å². The Morgan fingerprint density at radius 3 is 2.54 bits per heavy atom. The van der Waals surface area contributed by atoms with Gasteiger partial charge in [0.25, 0.3) is 5.82 Å². The molecule has 0 unspecified atom stereocenters. The second kappa shape index (κ2) is 8.73. The highest BCUT2D eigenvalue weighted by molar-refractivity contribution is 7.99. The number of thioether (sulfide) groups is 1. The Labute approximate surface area is 173 Å². The first-order valence-electron chi connectivity index (χ1n) is 10.6. The second-order valence-corrected chi connectivity index (χ2v) is 10.1. The third kappa shape index (κ3) is 4.30. The average Bonchev–Trinajstić information content (AvgIpc) is 2.70. The number of aryl methyl sites for hydroxylation is 1. The Kier molecular flexibility index (Phi) is 6.54. The lowest BCUT2D eigenvalue weighted by Crippen LogP contribution is -2.50. The van der Waals surface area contributed by atoms with Crippen molar-refractivity contribution < 1.29 is 9.78 Å². The van der Waals surface area contributed by atoms with Crippen molar-refractivity contribution in [3.05, 3.63) is 22.4 Å². The molecule has 6 heteroatoms. The highest BCUT2D eigenvalue weighted by atomic mass is 32.2. The number of nitrogens with zero attached hydrogens (tertiary/aromatic N) is 3. The summed E-state index contributed by atoms with van der Waals surface area (Å²) in [6, 6.07) is 2.51. The number of carbonyl (C=O) groups is 1. The van der Waals surface area contributed by atoms with Gasteiger partial charge in [-0.05, 0) is 18.4 Å². The molecule has 2 aliphatic heterocycles. The number of H-pyrrole nitrogens is 1. The Balaban J connectivity index is 1.85. The van der Waals surface area contributed by atoms with E-state index < -0.39 is 0 Å². The summed E-state index contributed by atoms with van der Waals surface area (Å²) in [4.78, 5) is 20.2. The van der Waals surface area contributed by atoms with E-state index in [0.29, 0.717) is 6.42 Å². The maximum Gasteiger partial charge on any atom is 0.293 e. The van der Waals surface area contributed by atoms with Crippen molar-refractivity contribution in [2.45, 2.75) is 70.3 Å². The highest BCUT2D eigenvalue weighted by Gasteiger charge is 2.36. The number of carbonyl (C=O) groups excluding carboxylic acids is 1. The lowest BCUT2D eigenvalue weighted by Gasteiger charge is -2.34. The molecule has 0 atom stereocenters. The summed E-state index contributed by atoms with van der Waals surface area (Å²) in [5.41, 5.74) is 4.64. The molecule has 0 spiro atoms. The third-order valence-electron chi connectivity index (χ3n) is 5.90. The Morgan fingerprint density at radius 2 is 1.93 bits per heavy atom. The van der Waals surface area contributed by atoms with Gasteiger partial charge in [-0.3, -0.25) is 9.69 Å². The molecule has 28 heavy (non-hydrogen) atoms. The van der Waals surface area contributed by atoms with Gasteiger partial charge in [0, 0.05) is 28.9 Å². The first-order chi connectivity index (χ1) is 13.4. The zero-order chi connectivity index (χ0) is 20.3. The predicted molar refractivity (Wildman–Crippen MR) is 114 cm³/mol. The maximum atomic E-state index is 12.3. The number of anilines is 1. The van der Waals surface area contributed by atoms with Crippen LogP contribution in [0.1, 0.15) is 69.3 Å². The Hall–Kier alpha value is -1.74. The summed E-state index contributed by atoms with van der Waals surface area (Å²) < 4.78 is 0.159. The smallest absolute Gasteiger partial charge is 0.293 e. The fraction of sp³-hybridized carbons (Fsp3) is 0.682. The van der Waals surface area contributed by atoms with Gasteiger partial charge in [0.15, 0.2) is 0 Å². The van der Waals surface area contributed by atoms with Crippen molar-refractivity contribution in [2.24, 2.45) is 0 Å². The van der Waals surface area contributed by atoms with Crippen LogP contribution in [0.15, 0.2) is 0 Å². The minimum Gasteiger partial charge on any atom is -0.335 e. The van der Waals surface area contributed by atoms with E-state index in [0.717, 1.165) is 69.0 Å². The van der Waals surface area contributed by atoms with Crippen LogP contribution in [-0.2, 0) is 23.4 Å². The van der Waals surface area contributed by atoms with E-state index in [-0.39, 0.29) is 10.7 Å². The van der Waals surface area contributed by atoms with Crippen LogP contribution in [0.2, 0.25) is 0 Å². The molecule has 0 saturated carbocycles. The molecule has 1 aromatic heterocycles. The molecule has 0 bridgehead atoms. The predicted octanol–water partition coefficient (Wildman–Crippen LogP) is 3.34. The van der Waals surface area contributed by atoms with Gasteiger partial charge in [0.05, 0.1) is 13.1 Å². The van der Waals surface area contributed by atoms with E-state index in [4.69, 9.17) is 0 Å². The molecule has 0 radical (unpaired) electrons. The quantitative estimate of drug-likeness (QED) is 0.759. The lowest BCUT2D eigenvalue weighted by atomic mass is 9.91. The van der Waals surface area contributed by atoms with E-state index in [1.807, 2.05) is 16.7 Å². The van der Waals surface area contributed by atoms with Gasteiger partial charge in [-0.25, -0.2) is 4.98 Å². The molecule has 1 amide bonds. The van der Waals surface area contributed by atoms with Crippen LogP contribution in [0.4, 0.5) is 5.82 Å². The zero-order valence-corrected chi connectivity index (χ0v) is 18.5. The van der Waals surface area contributed by atoms with E-state index in [9.17, 15) is 10.1 Å². The van der Waals surface area contributed by atoms with Crippen molar-refractivity contribution in [3.8, 4) is 6.07 Å². The molecule has 1 fully saturated rings. The van der Waals surface area contributed by atoms with Crippen LogP contribution in [0.25, 0.3) is 0 Å². The van der Waals surface area contributed by atoms with Crippen molar-refractivity contribution in [2.75, 3.05) is 31.1 Å². The number of hydrogen-bond donors (Lipinski definition) is 0. The number of aromatic amines is 1. The fourth-order valence-corrected chi connectivity index (χ4v) is 5.33. The summed E-state index contributed by atoms with van der Waals surface area (Å²) in [5, 5.41) is 10.0. The summed E-state index contributed by atoms with van der Waals surface area (Å²) in [5.74, 6) is 2.20. The standard InChI is InChI=1S/C22H32N4OS/c1-5-7-8-20(27)25-9-11-26(12-10-25)21-17(14-23)16-13-22(3,4)28-15-18(16)19(6-2)24-21/h5-13,15H2,1-4H3/p+1. The lowest BCUT2D eigenvalue weighted by molar-refractivity contribution is -0.377. The molecule has 1 saturated heterocycles. The Morgan fingerprint density at radius 1 is 1.21 bits per heavy atom. The molecule has 1 aromatic rings. The van der Waals surface area contributed by atoms with Crippen LogP contribution in [0, 0.1) is 11.3 Å². The molecule has 3 heterocycles. The molecular formula is C22H33N4OS+. The SMILES string of the molecule is CCCCC(=O)N1CCN(c2[nH+]c(CC)c3c(c2C#N)CC(C)(C)SC3)CC1. The first-order valence-corrected chi connectivity index (χ1v) is 11.6. The zero-order valence-electron chi connectivity index (χ0n) is 17.7. The third-order valence-corrected chi connectivity index (χ3v) is 7.26. The van der Waals surface area contributed by atoms with Gasteiger partial charge < -0.3 is 4.90 Å². The van der Waals surface area contributed by atoms with Crippen LogP contribution in [0.3, 0.4) is 0 Å². The number of unbranched alkanes of at least 4 members (excludes halogenated alkanes) is 1. The first kappa shape index (κ1) is 21.0. The van der Waals surface area contributed by atoms with Crippen molar-refractivity contribution in [1.82, 2.24) is 4.90 Å². The van der Waals surface area contributed by atoms with Gasteiger partial charge in [0.1, 0.15) is 30.4 Å². The second-order valence-electron chi connectivity index (χ2n) is 8.45. The minimum atomic E-state index is 0.159. The molecule has 152 valence electrons. The van der Waals surface area contributed by atoms with Crippen molar-refractivity contribution in [1.29, 1.82) is 5.26 Å². The number of aromatic nitrogens is 1. The maximum absolute atomic E-state index is 12.3. The number of hydrogen-bond acceptors (Lipinski definition) is 4. The molecule has 2 aliphatic rings. The van der Waals surface area contributed by atoms with E-state index in [1.165, 1.54) is 16.8 Å². The van der Waals surface area contributed by atoms with E-state index in [1.54, 1.807) is 0 Å². The topological polar surface area (TPSA) is 61.5 Å². The van der Waals surface area contributed by atoms with Crippen molar-refractivity contribution >= 4 is 23.5 Å². The number of nitrogens with one attached hydrogen (secondary N) is 1. The monoisotopic (exact) mass is 401 g/mol. The molecule has 0 aliphatic carbocycles. The Bertz CT molecular complexity index is 776. The van der Waals surface area contributed by atoms with Gasteiger partial charge in [0.2, 0.25) is 5.91 Å². The van der Waals surface area contributed by atoms with E-state index >= 15 is 0 Å². The van der Waals surface area contributed by atoms with Gasteiger partial charge in [-0.1, -0.05) is 34.1 Å². The van der Waals surface area contributed by atoms with Crippen LogP contribution < -0.4 is 9.88 Å². The largest absolute Gasteiger partial charge is 0.335 e. The summed E-state index contributed by atoms with van der Waals surface area (Å²) in [6.45, 7) is 11.9. The number of amides is 1. The number of pyridine rings is 1. The van der Waals surface area contributed by atoms with Gasteiger partial charge in [-0.2, -0.15) is 17.0 Å². The highest BCUT2D eigenvalue weighted by Crippen LogP contribution is 2.41. The molecule has 5 nitrogen and oxygen atoms in total. The van der Waals surface area contributed by atoms with E-state index in [2.05, 4.69) is 43.6 Å². The van der Waals surface area contributed by atoms with Gasteiger partial charge >= 0.3 is 0 Å². The molecular weight excluding hydrogens is 368 g/mol. The number of piperazine rings is 1. The average molecular weight is 402 g/mol. The molecule has 3 rings (SSSR count). The van der Waals surface area contributed by atoms with Gasteiger partial charge in [-0.15, -0.1) is 0 Å². The molecule has 1 N–H and O–H groups in total. The van der Waals surface area contributed by atoms with Crippen molar-refractivity contribution in [3.63, 3.8) is 0 Å². The normalized spacial score (nSPS) is 18.5. The summed E-state index contributed by atoms with van der Waals surface area (Å²) in [6.07, 6.45) is 4.54. The number of fused-ring (bicyclic) bond motifs is 1. The summed E-state index contributed by atoms with van der Waals surface area (Å²) >= 11 is 1.98. The summed E-state index contributed by atoms with van der Waals surface area (Å²) in [7, 11) is 0. The number of rotatable bonds is 5. The van der Waals surface area contributed by atoms with Crippen LogP contribution in [0.5, 0.6) is 0 Å². The number of nitriles is 1. The molecule has 0 aromatic carbocycles. The minimum absolute atomic E-state index is 0.159. The van der Waals surface area contributed by atoms with Crippen LogP contribution >= 0.6 is 11.8 Å². The fourth-order valence-electron chi connectivity index (χ4n) is 4.20.